The summed E-state index contributed by atoms with van der Waals surface area (Å²) in [5, 5.41) is 13.9. The first-order chi connectivity index (χ1) is 26.5. The van der Waals surface area contributed by atoms with Gasteiger partial charge in [-0.05, 0) is 32.1 Å². The summed E-state index contributed by atoms with van der Waals surface area (Å²) in [6.07, 6.45) is 43.9. The normalized spacial score (nSPS) is 14.4. The summed E-state index contributed by atoms with van der Waals surface area (Å²) in [6.45, 7) is 4.67. The van der Waals surface area contributed by atoms with Gasteiger partial charge in [-0.25, -0.2) is 0 Å². The predicted octanol–water partition coefficient (Wildman–Crippen LogP) is 12.5. The highest BCUT2D eigenvalue weighted by molar-refractivity contribution is 7.45. The minimum absolute atomic E-state index is 0.00944. The van der Waals surface area contributed by atoms with Crippen LogP contribution in [0.5, 0.6) is 0 Å². The summed E-state index contributed by atoms with van der Waals surface area (Å²) in [7, 11) is 1.29. The molecule has 0 aliphatic rings. The molecule has 2 N–H and O–H groups in total. The van der Waals surface area contributed by atoms with Gasteiger partial charge in [0.1, 0.15) is 13.2 Å². The summed E-state index contributed by atoms with van der Waals surface area (Å²) in [5.41, 5.74) is 0. The van der Waals surface area contributed by atoms with Gasteiger partial charge in [0.05, 0.1) is 39.9 Å². The van der Waals surface area contributed by atoms with Crippen molar-refractivity contribution < 1.29 is 32.9 Å². The number of aliphatic hydroxyl groups excluding tert-OH is 1. The number of phosphoric acid groups is 1. The monoisotopic (exact) mass is 801 g/mol. The molecular formula is C46H93N2O6P. The Bertz CT molecular complexity index is 911. The third kappa shape index (κ3) is 41.2. The van der Waals surface area contributed by atoms with E-state index < -0.39 is 20.0 Å². The van der Waals surface area contributed by atoms with Crippen molar-refractivity contribution in [2.24, 2.45) is 0 Å². The van der Waals surface area contributed by atoms with E-state index in [1.54, 1.807) is 0 Å². The van der Waals surface area contributed by atoms with Crippen molar-refractivity contribution >= 4 is 13.7 Å². The lowest BCUT2D eigenvalue weighted by Gasteiger charge is -2.30. The number of quaternary nitrogens is 1. The first-order valence-electron chi connectivity index (χ1n) is 23.5. The van der Waals surface area contributed by atoms with Crippen LogP contribution in [-0.4, -0.2) is 68.5 Å². The molecule has 3 atom stereocenters. The van der Waals surface area contributed by atoms with Gasteiger partial charge in [-0.1, -0.05) is 199 Å². The Morgan fingerprint density at radius 2 is 1.00 bits per heavy atom. The van der Waals surface area contributed by atoms with Crippen molar-refractivity contribution in [1.82, 2.24) is 5.32 Å². The Morgan fingerprint density at radius 3 is 1.42 bits per heavy atom. The van der Waals surface area contributed by atoms with E-state index in [0.29, 0.717) is 30.3 Å². The van der Waals surface area contributed by atoms with E-state index in [1.165, 1.54) is 161 Å². The van der Waals surface area contributed by atoms with Crippen LogP contribution in [0.1, 0.15) is 226 Å². The second-order valence-electron chi connectivity index (χ2n) is 17.5. The van der Waals surface area contributed by atoms with Crippen molar-refractivity contribution in [3.63, 3.8) is 0 Å². The lowest BCUT2D eigenvalue weighted by Crippen LogP contribution is -2.46. The Hall–Kier alpha value is -0.760. The number of amides is 1. The summed E-state index contributed by atoms with van der Waals surface area (Å²) in [4.78, 5) is 25.2. The molecule has 328 valence electrons. The van der Waals surface area contributed by atoms with Crippen molar-refractivity contribution in [3.8, 4) is 0 Å². The standard InChI is InChI=1S/C46H93N2O6P/c1-6-8-10-12-14-16-17-18-19-20-21-22-23-24-25-26-27-28-29-30-32-33-35-37-39-45(49)44(43-54-55(51,52)53-42-41-48(3,4)5)47-46(50)40-38-36-34-31-15-13-11-9-7-2/h31,34,44-45,49H,6-30,32-33,35-43H2,1-5H3,(H-,47,50,51,52)/b34-31-. The molecule has 0 saturated heterocycles. The topological polar surface area (TPSA) is 108 Å². The molecule has 9 heteroatoms. The highest BCUT2D eigenvalue weighted by atomic mass is 31.2. The van der Waals surface area contributed by atoms with Gasteiger partial charge in [-0.15, -0.1) is 0 Å². The Kier molecular flexibility index (Phi) is 38.2. The first-order valence-corrected chi connectivity index (χ1v) is 25.0. The van der Waals surface area contributed by atoms with E-state index in [4.69, 9.17) is 9.05 Å². The number of phosphoric ester groups is 1. The van der Waals surface area contributed by atoms with Gasteiger partial charge in [-0.2, -0.15) is 0 Å². The molecule has 0 aromatic carbocycles. The van der Waals surface area contributed by atoms with Gasteiger partial charge in [0.15, 0.2) is 0 Å². The summed E-state index contributed by atoms with van der Waals surface area (Å²) >= 11 is 0. The highest BCUT2D eigenvalue weighted by Gasteiger charge is 2.24. The third-order valence-electron chi connectivity index (χ3n) is 10.8. The minimum atomic E-state index is -4.56. The molecule has 0 saturated carbocycles. The zero-order valence-corrected chi connectivity index (χ0v) is 38.0. The second kappa shape index (κ2) is 38.7. The van der Waals surface area contributed by atoms with Gasteiger partial charge >= 0.3 is 0 Å². The van der Waals surface area contributed by atoms with E-state index in [2.05, 4.69) is 31.3 Å². The lowest BCUT2D eigenvalue weighted by molar-refractivity contribution is -0.870. The molecule has 0 spiro atoms. The van der Waals surface area contributed by atoms with E-state index >= 15 is 0 Å². The molecule has 0 rings (SSSR count). The van der Waals surface area contributed by atoms with Crippen molar-refractivity contribution in [3.05, 3.63) is 12.2 Å². The number of rotatable bonds is 43. The van der Waals surface area contributed by atoms with Gasteiger partial charge in [0.2, 0.25) is 5.91 Å². The quantitative estimate of drug-likeness (QED) is 0.0275. The molecule has 1 amide bonds. The third-order valence-corrected chi connectivity index (χ3v) is 11.7. The lowest BCUT2D eigenvalue weighted by atomic mass is 10.0. The van der Waals surface area contributed by atoms with Gasteiger partial charge < -0.3 is 28.8 Å². The zero-order valence-electron chi connectivity index (χ0n) is 37.1. The maximum absolute atomic E-state index is 12.8. The number of hydrogen-bond donors (Lipinski definition) is 2. The van der Waals surface area contributed by atoms with Crippen LogP contribution >= 0.6 is 7.82 Å². The molecule has 0 radical (unpaired) electrons. The Morgan fingerprint density at radius 1 is 0.618 bits per heavy atom. The Balaban J connectivity index is 4.14. The summed E-state index contributed by atoms with van der Waals surface area (Å²) in [6, 6.07) is -0.810. The van der Waals surface area contributed by atoms with Crippen molar-refractivity contribution in [2.75, 3.05) is 40.9 Å². The smallest absolute Gasteiger partial charge is 0.268 e. The van der Waals surface area contributed by atoms with Crippen LogP contribution in [0, 0.1) is 0 Å². The molecule has 0 fully saturated rings. The van der Waals surface area contributed by atoms with E-state index in [0.717, 1.165) is 32.1 Å². The van der Waals surface area contributed by atoms with Gasteiger partial charge in [0.25, 0.3) is 7.82 Å². The fourth-order valence-corrected chi connectivity index (χ4v) is 7.71. The molecule has 0 aliphatic carbocycles. The van der Waals surface area contributed by atoms with Crippen LogP contribution in [0.3, 0.4) is 0 Å². The SMILES string of the molecule is CCCCCC/C=C\CCCC(=O)NC(COP(=O)([O-])OCC[N+](C)(C)C)C(O)CCCCCCCCCCCCCCCCCCCCCCCCCC. The van der Waals surface area contributed by atoms with E-state index in [9.17, 15) is 19.4 Å². The van der Waals surface area contributed by atoms with Crippen LogP contribution in [0.25, 0.3) is 0 Å². The van der Waals surface area contributed by atoms with Crippen molar-refractivity contribution in [1.29, 1.82) is 0 Å². The second-order valence-corrected chi connectivity index (χ2v) is 18.9. The largest absolute Gasteiger partial charge is 0.756 e. The molecule has 0 aliphatic heterocycles. The number of carbonyl (C=O) groups excluding carboxylic acids is 1. The molecule has 55 heavy (non-hydrogen) atoms. The Labute approximate surface area is 342 Å². The number of unbranched alkanes of at least 4 members (excludes halogenated alkanes) is 28. The number of nitrogens with one attached hydrogen (secondary N) is 1. The maximum Gasteiger partial charge on any atom is 0.268 e. The predicted molar refractivity (Wildman–Crippen MR) is 233 cm³/mol. The maximum atomic E-state index is 12.8. The molecule has 0 aromatic heterocycles. The number of nitrogens with zero attached hydrogens (tertiary/aromatic N) is 1. The highest BCUT2D eigenvalue weighted by Crippen LogP contribution is 2.38. The van der Waals surface area contributed by atoms with Crippen LogP contribution in [0.2, 0.25) is 0 Å². The van der Waals surface area contributed by atoms with Gasteiger partial charge in [-0.3, -0.25) is 9.36 Å². The average molecular weight is 801 g/mol. The molecular weight excluding hydrogens is 707 g/mol. The number of hydrogen-bond acceptors (Lipinski definition) is 6. The molecule has 8 nitrogen and oxygen atoms in total. The van der Waals surface area contributed by atoms with E-state index in [-0.39, 0.29) is 19.1 Å². The van der Waals surface area contributed by atoms with Crippen LogP contribution in [0.15, 0.2) is 12.2 Å². The number of carbonyl (C=O) groups is 1. The number of allylic oxidation sites excluding steroid dienone is 2. The van der Waals surface area contributed by atoms with Gasteiger partial charge in [0, 0.05) is 6.42 Å². The van der Waals surface area contributed by atoms with Crippen LogP contribution < -0.4 is 10.2 Å². The van der Waals surface area contributed by atoms with Crippen LogP contribution in [0.4, 0.5) is 0 Å². The van der Waals surface area contributed by atoms with Crippen LogP contribution in [-0.2, 0) is 18.4 Å². The summed E-state index contributed by atoms with van der Waals surface area (Å²) in [5.74, 6) is -0.199. The molecule has 0 bridgehead atoms. The van der Waals surface area contributed by atoms with E-state index in [1.807, 2.05) is 21.1 Å². The number of likely N-dealkylation sites (N-methyl/N-ethyl adjacent to an activating group) is 1. The molecule has 0 aromatic rings. The zero-order chi connectivity index (χ0) is 40.7. The molecule has 0 heterocycles. The minimum Gasteiger partial charge on any atom is -0.756 e. The van der Waals surface area contributed by atoms with Crippen molar-refractivity contribution in [2.45, 2.75) is 238 Å². The summed E-state index contributed by atoms with van der Waals surface area (Å²) < 4.78 is 23.2. The molecule has 3 unspecified atom stereocenters. The average Bonchev–Trinajstić information content (AvgIpc) is 3.13. The fourth-order valence-electron chi connectivity index (χ4n) is 6.99. The first kappa shape index (κ1) is 54.2. The fraction of sp³-hybridized carbons (Fsp3) is 0.935. The number of aliphatic hydroxyl groups is 1.